The number of carbonyl (C=O) groups excluding carboxylic acids is 2. The summed E-state index contributed by atoms with van der Waals surface area (Å²) in [5.41, 5.74) is 4.37. The maximum atomic E-state index is 13.0. The standard InChI is InChI=1S/C23H25N3O3S/c1-12-18-16(10-23(3,4)11-17(18)27)24-19(12)21(28)26-22-25-20(13(2)30-22)14-6-8-15(29-5)9-7-14/h6-9,24H,10-11H2,1-5H3,(H,25,26,28). The lowest BCUT2D eigenvalue weighted by Gasteiger charge is -2.28. The zero-order valence-corrected chi connectivity index (χ0v) is 18.6. The van der Waals surface area contributed by atoms with E-state index in [1.165, 1.54) is 11.3 Å². The average molecular weight is 424 g/mol. The van der Waals surface area contributed by atoms with Gasteiger partial charge < -0.3 is 9.72 Å². The second-order valence-electron chi connectivity index (χ2n) is 8.53. The molecule has 0 spiro atoms. The Bertz CT molecular complexity index is 1140. The van der Waals surface area contributed by atoms with E-state index in [4.69, 9.17) is 4.74 Å². The minimum absolute atomic E-state index is 0.0981. The van der Waals surface area contributed by atoms with Crippen molar-refractivity contribution < 1.29 is 14.3 Å². The quantitative estimate of drug-likeness (QED) is 0.606. The first-order valence-electron chi connectivity index (χ1n) is 9.86. The third kappa shape index (κ3) is 3.65. The Labute approximate surface area is 179 Å². The number of nitrogens with one attached hydrogen (secondary N) is 2. The van der Waals surface area contributed by atoms with Gasteiger partial charge in [0.1, 0.15) is 11.4 Å². The number of aryl methyl sites for hydroxylation is 1. The van der Waals surface area contributed by atoms with E-state index >= 15 is 0 Å². The summed E-state index contributed by atoms with van der Waals surface area (Å²) < 4.78 is 5.21. The van der Waals surface area contributed by atoms with Gasteiger partial charge in [0, 0.05) is 28.1 Å². The molecule has 0 fully saturated rings. The number of ether oxygens (including phenoxy) is 1. The largest absolute Gasteiger partial charge is 0.497 e. The molecule has 0 saturated carbocycles. The maximum absolute atomic E-state index is 13.0. The average Bonchev–Trinajstić information content (AvgIpc) is 3.20. The van der Waals surface area contributed by atoms with E-state index in [2.05, 4.69) is 29.1 Å². The number of methoxy groups -OCH3 is 1. The zero-order valence-electron chi connectivity index (χ0n) is 17.8. The van der Waals surface area contributed by atoms with Gasteiger partial charge in [-0.1, -0.05) is 13.8 Å². The van der Waals surface area contributed by atoms with Gasteiger partial charge in [-0.05, 0) is 55.5 Å². The lowest BCUT2D eigenvalue weighted by Crippen LogP contribution is -2.26. The van der Waals surface area contributed by atoms with Gasteiger partial charge in [-0.25, -0.2) is 4.98 Å². The zero-order chi connectivity index (χ0) is 21.6. The number of anilines is 1. The van der Waals surface area contributed by atoms with Gasteiger partial charge in [0.2, 0.25) is 0 Å². The number of H-pyrrole nitrogens is 1. The number of rotatable bonds is 4. The van der Waals surface area contributed by atoms with Crippen LogP contribution in [-0.4, -0.2) is 28.8 Å². The molecule has 156 valence electrons. The summed E-state index contributed by atoms with van der Waals surface area (Å²) in [5, 5.41) is 3.43. The second-order valence-corrected chi connectivity index (χ2v) is 9.73. The number of hydrogen-bond donors (Lipinski definition) is 2. The maximum Gasteiger partial charge on any atom is 0.274 e. The molecule has 0 unspecified atom stereocenters. The summed E-state index contributed by atoms with van der Waals surface area (Å²) in [4.78, 5) is 34.4. The van der Waals surface area contributed by atoms with Crippen molar-refractivity contribution in [3.63, 3.8) is 0 Å². The van der Waals surface area contributed by atoms with Crippen LogP contribution in [0.15, 0.2) is 24.3 Å². The van der Waals surface area contributed by atoms with Gasteiger partial charge >= 0.3 is 0 Å². The molecule has 0 saturated heterocycles. The molecule has 1 aromatic carbocycles. The molecule has 0 aliphatic heterocycles. The van der Waals surface area contributed by atoms with Gasteiger partial charge in [-0.3, -0.25) is 14.9 Å². The second kappa shape index (κ2) is 7.40. The molecule has 6 nitrogen and oxygen atoms in total. The molecule has 30 heavy (non-hydrogen) atoms. The highest BCUT2D eigenvalue weighted by Gasteiger charge is 2.35. The van der Waals surface area contributed by atoms with E-state index in [1.807, 2.05) is 38.1 Å². The monoisotopic (exact) mass is 423 g/mol. The van der Waals surface area contributed by atoms with Crippen LogP contribution in [0.3, 0.4) is 0 Å². The fourth-order valence-electron chi connectivity index (χ4n) is 4.09. The highest BCUT2D eigenvalue weighted by molar-refractivity contribution is 7.16. The Hall–Kier alpha value is -2.93. The van der Waals surface area contributed by atoms with Crippen LogP contribution in [0.1, 0.15) is 57.2 Å². The van der Waals surface area contributed by atoms with Crippen LogP contribution in [0, 0.1) is 19.3 Å². The molecule has 1 amide bonds. The van der Waals surface area contributed by atoms with Crippen molar-refractivity contribution in [2.75, 3.05) is 12.4 Å². The molecule has 4 rings (SSSR count). The Balaban J connectivity index is 1.59. The molecule has 3 aromatic rings. The lowest BCUT2D eigenvalue weighted by molar-refractivity contribution is 0.0910. The van der Waals surface area contributed by atoms with Gasteiger partial charge in [0.25, 0.3) is 5.91 Å². The van der Waals surface area contributed by atoms with Crippen LogP contribution in [-0.2, 0) is 6.42 Å². The van der Waals surface area contributed by atoms with Gasteiger partial charge in [0.05, 0.1) is 12.8 Å². The minimum Gasteiger partial charge on any atom is -0.497 e. The molecule has 0 atom stereocenters. The number of benzene rings is 1. The molecular weight excluding hydrogens is 398 g/mol. The molecule has 2 N–H and O–H groups in total. The summed E-state index contributed by atoms with van der Waals surface area (Å²) in [7, 11) is 1.63. The van der Waals surface area contributed by atoms with Crippen molar-refractivity contribution in [3.05, 3.63) is 51.7 Å². The minimum atomic E-state index is -0.275. The molecule has 1 aliphatic carbocycles. The Morgan fingerprint density at radius 2 is 1.90 bits per heavy atom. The fraction of sp³-hybridized carbons (Fsp3) is 0.348. The number of fused-ring (bicyclic) bond motifs is 1. The lowest BCUT2D eigenvalue weighted by atomic mass is 9.75. The van der Waals surface area contributed by atoms with Gasteiger partial charge in [0.15, 0.2) is 10.9 Å². The van der Waals surface area contributed by atoms with Crippen LogP contribution in [0.2, 0.25) is 0 Å². The smallest absolute Gasteiger partial charge is 0.274 e. The molecular formula is C23H25N3O3S. The van der Waals surface area contributed by atoms with Crippen LogP contribution < -0.4 is 10.1 Å². The van der Waals surface area contributed by atoms with Crippen molar-refractivity contribution in [2.45, 2.75) is 40.5 Å². The van der Waals surface area contributed by atoms with E-state index in [0.29, 0.717) is 28.4 Å². The topological polar surface area (TPSA) is 84.1 Å². The number of aromatic nitrogens is 2. The summed E-state index contributed by atoms with van der Waals surface area (Å²) in [6.07, 6.45) is 1.25. The van der Waals surface area contributed by atoms with E-state index in [-0.39, 0.29) is 17.1 Å². The van der Waals surface area contributed by atoms with E-state index in [0.717, 1.165) is 34.0 Å². The first-order valence-corrected chi connectivity index (χ1v) is 10.7. The van der Waals surface area contributed by atoms with Gasteiger partial charge in [-0.2, -0.15) is 0 Å². The summed E-state index contributed by atoms with van der Waals surface area (Å²) >= 11 is 1.43. The molecule has 2 aromatic heterocycles. The molecule has 7 heteroatoms. The first kappa shape index (κ1) is 20.3. The highest BCUT2D eigenvalue weighted by atomic mass is 32.1. The molecule has 1 aliphatic rings. The molecule has 2 heterocycles. The third-order valence-corrected chi connectivity index (χ3v) is 6.39. The normalized spacial score (nSPS) is 15.0. The van der Waals surface area contributed by atoms with Crippen LogP contribution in [0.4, 0.5) is 5.13 Å². The fourth-order valence-corrected chi connectivity index (χ4v) is 4.92. The number of Topliss-reactive ketones (excluding diaryl/α,β-unsaturated/α-hetero) is 1. The number of carbonyl (C=O) groups is 2. The van der Waals surface area contributed by atoms with Crippen LogP contribution >= 0.6 is 11.3 Å². The number of ketones is 1. The Kier molecular flexibility index (Phi) is 5.02. The van der Waals surface area contributed by atoms with E-state index in [1.54, 1.807) is 7.11 Å². The number of nitrogens with zero attached hydrogens (tertiary/aromatic N) is 1. The predicted octanol–water partition coefficient (Wildman–Crippen LogP) is 5.17. The van der Waals surface area contributed by atoms with Crippen LogP contribution in [0.25, 0.3) is 11.3 Å². The summed E-state index contributed by atoms with van der Waals surface area (Å²) in [5.74, 6) is 0.604. The predicted molar refractivity (Wildman–Crippen MR) is 119 cm³/mol. The van der Waals surface area contributed by atoms with Gasteiger partial charge in [-0.15, -0.1) is 11.3 Å². The highest BCUT2D eigenvalue weighted by Crippen LogP contribution is 2.37. The van der Waals surface area contributed by atoms with E-state index in [9.17, 15) is 9.59 Å². The summed E-state index contributed by atoms with van der Waals surface area (Å²) in [6.45, 7) is 7.95. The van der Waals surface area contributed by atoms with E-state index < -0.39 is 0 Å². The molecule has 0 bridgehead atoms. The number of amides is 1. The van der Waals surface area contributed by atoms with Crippen molar-refractivity contribution in [3.8, 4) is 17.0 Å². The van der Waals surface area contributed by atoms with Crippen molar-refractivity contribution in [2.24, 2.45) is 5.41 Å². The van der Waals surface area contributed by atoms with Crippen molar-refractivity contribution in [1.29, 1.82) is 0 Å². The van der Waals surface area contributed by atoms with Crippen LogP contribution in [0.5, 0.6) is 5.75 Å². The third-order valence-electron chi connectivity index (χ3n) is 5.51. The number of hydrogen-bond acceptors (Lipinski definition) is 5. The first-order chi connectivity index (χ1) is 14.2. The van der Waals surface area contributed by atoms with Crippen molar-refractivity contribution in [1.82, 2.24) is 9.97 Å². The Morgan fingerprint density at radius 3 is 2.57 bits per heavy atom. The SMILES string of the molecule is COc1ccc(-c2nc(NC(=O)c3[nH]c4c(c3C)C(=O)CC(C)(C)C4)sc2C)cc1. The number of thiazole rings is 1. The Morgan fingerprint density at radius 1 is 1.20 bits per heavy atom. The van der Waals surface area contributed by atoms with Crippen molar-refractivity contribution >= 4 is 28.2 Å². The molecule has 0 radical (unpaired) electrons. The number of aromatic amines is 1. The summed E-state index contributed by atoms with van der Waals surface area (Å²) in [6, 6.07) is 7.67.